The first kappa shape index (κ1) is 28.5. The minimum absolute atomic E-state index is 0.0791. The maximum Gasteiger partial charge on any atom is 0.343 e. The van der Waals surface area contributed by atoms with Crippen LogP contribution in [0.15, 0.2) is 72.8 Å². The van der Waals surface area contributed by atoms with Gasteiger partial charge in [-0.15, -0.1) is 0 Å². The Kier molecular flexibility index (Phi) is 12.2. The summed E-state index contributed by atoms with van der Waals surface area (Å²) in [6.45, 7) is 7.79. The highest BCUT2D eigenvalue weighted by atomic mass is 16.6. The fourth-order valence-corrected chi connectivity index (χ4v) is 4.19. The third-order valence-electron chi connectivity index (χ3n) is 6.46. The number of carbonyl (C=O) groups is 1. The number of hydrogen-bond donors (Lipinski definition) is 0. The van der Waals surface area contributed by atoms with E-state index >= 15 is 0 Å². The van der Waals surface area contributed by atoms with Crippen molar-refractivity contribution in [3.8, 4) is 22.6 Å². The third kappa shape index (κ3) is 9.36. The molecule has 0 amide bonds. The number of esters is 1. The molecule has 0 fully saturated rings. The van der Waals surface area contributed by atoms with Crippen molar-refractivity contribution in [1.82, 2.24) is 0 Å². The minimum atomic E-state index is -0.402. The predicted molar refractivity (Wildman–Crippen MR) is 151 cm³/mol. The molecule has 0 aliphatic rings. The lowest BCUT2D eigenvalue weighted by Crippen LogP contribution is -2.09. The van der Waals surface area contributed by atoms with Crippen molar-refractivity contribution in [2.75, 3.05) is 13.2 Å². The van der Waals surface area contributed by atoms with Crippen LogP contribution in [0.2, 0.25) is 0 Å². The van der Waals surface area contributed by atoms with Gasteiger partial charge in [0.2, 0.25) is 0 Å². The van der Waals surface area contributed by atoms with E-state index in [0.717, 1.165) is 30.6 Å². The summed E-state index contributed by atoms with van der Waals surface area (Å²) in [5.41, 5.74) is 3.82. The maximum absolute atomic E-state index is 12.7. The topological polar surface area (TPSA) is 44.8 Å². The van der Waals surface area contributed by atoms with E-state index in [-0.39, 0.29) is 6.10 Å². The summed E-state index contributed by atoms with van der Waals surface area (Å²) in [5.74, 6) is 0.611. The van der Waals surface area contributed by atoms with Crippen LogP contribution in [0.5, 0.6) is 11.5 Å². The van der Waals surface area contributed by atoms with Crippen molar-refractivity contribution >= 4 is 5.97 Å². The largest absolute Gasteiger partial charge is 0.490 e. The Labute approximate surface area is 223 Å². The Balaban J connectivity index is 1.49. The molecular formula is C33H42O4. The molecule has 1 unspecified atom stereocenters. The summed E-state index contributed by atoms with van der Waals surface area (Å²) >= 11 is 0. The van der Waals surface area contributed by atoms with Gasteiger partial charge in [0.25, 0.3) is 0 Å². The lowest BCUT2D eigenvalue weighted by Gasteiger charge is -2.14. The fourth-order valence-electron chi connectivity index (χ4n) is 4.19. The summed E-state index contributed by atoms with van der Waals surface area (Å²) in [7, 11) is 0. The van der Waals surface area contributed by atoms with E-state index < -0.39 is 5.97 Å². The molecule has 0 bridgehead atoms. The zero-order chi connectivity index (χ0) is 26.3. The molecule has 0 aromatic heterocycles. The Bertz CT molecular complexity index is 1060. The first-order valence-corrected chi connectivity index (χ1v) is 13.9. The van der Waals surface area contributed by atoms with Gasteiger partial charge in [-0.05, 0) is 60.7 Å². The standard InChI is InChI=1S/C33H42O4/c1-4-6-7-8-9-10-13-25-35-26(3)27-16-18-28(19-17-27)29-20-22-30(23-21-29)33(34)37-32-15-12-11-14-31(32)36-24-5-2/h11-12,14-23,26H,4-10,13,24-25H2,1-3H3. The number of para-hydroxylation sites is 2. The van der Waals surface area contributed by atoms with E-state index in [9.17, 15) is 4.79 Å². The van der Waals surface area contributed by atoms with Crippen LogP contribution >= 0.6 is 0 Å². The van der Waals surface area contributed by atoms with Crippen LogP contribution in [0.25, 0.3) is 11.1 Å². The smallest absolute Gasteiger partial charge is 0.343 e. The highest BCUT2D eigenvalue weighted by Gasteiger charge is 2.13. The van der Waals surface area contributed by atoms with E-state index in [4.69, 9.17) is 14.2 Å². The number of hydrogen-bond acceptors (Lipinski definition) is 4. The molecule has 198 valence electrons. The summed E-state index contributed by atoms with van der Waals surface area (Å²) in [5, 5.41) is 0. The predicted octanol–water partition coefficient (Wildman–Crippen LogP) is 9.19. The molecule has 3 rings (SSSR count). The van der Waals surface area contributed by atoms with E-state index in [1.807, 2.05) is 37.3 Å². The summed E-state index contributed by atoms with van der Waals surface area (Å²) in [4.78, 5) is 12.7. The number of benzene rings is 3. The molecule has 3 aromatic rings. The second-order valence-electron chi connectivity index (χ2n) is 9.52. The van der Waals surface area contributed by atoms with Crippen LogP contribution < -0.4 is 9.47 Å². The van der Waals surface area contributed by atoms with Crippen LogP contribution in [0.4, 0.5) is 0 Å². The van der Waals surface area contributed by atoms with Gasteiger partial charge in [0.15, 0.2) is 11.5 Å². The zero-order valence-corrected chi connectivity index (χ0v) is 22.7. The lowest BCUT2D eigenvalue weighted by molar-refractivity contribution is 0.0627. The molecule has 0 aliphatic heterocycles. The summed E-state index contributed by atoms with van der Waals surface area (Å²) in [6.07, 6.45) is 9.99. The molecule has 0 spiro atoms. The average molecular weight is 503 g/mol. The van der Waals surface area contributed by atoms with E-state index in [1.165, 1.54) is 44.1 Å². The van der Waals surface area contributed by atoms with Crippen molar-refractivity contribution in [2.45, 2.75) is 78.2 Å². The highest BCUT2D eigenvalue weighted by molar-refractivity contribution is 5.92. The Hall–Kier alpha value is -3.11. The van der Waals surface area contributed by atoms with Crippen LogP contribution in [0.1, 0.15) is 94.2 Å². The SMILES string of the molecule is CCCCCCCCCOC(C)c1ccc(-c2ccc(C(=O)Oc3ccccc3OCCC)cc2)cc1. The molecule has 0 radical (unpaired) electrons. The van der Waals surface area contributed by atoms with Gasteiger partial charge in [0.05, 0.1) is 18.3 Å². The molecule has 0 aliphatic carbocycles. The number of carbonyl (C=O) groups excluding carboxylic acids is 1. The van der Waals surface area contributed by atoms with Gasteiger partial charge in [-0.25, -0.2) is 4.79 Å². The average Bonchev–Trinajstić information content (AvgIpc) is 2.94. The minimum Gasteiger partial charge on any atom is -0.490 e. The van der Waals surface area contributed by atoms with E-state index in [1.54, 1.807) is 18.2 Å². The normalized spacial score (nSPS) is 11.8. The first-order valence-electron chi connectivity index (χ1n) is 13.9. The maximum atomic E-state index is 12.7. The second-order valence-corrected chi connectivity index (χ2v) is 9.52. The first-order chi connectivity index (χ1) is 18.1. The van der Waals surface area contributed by atoms with Gasteiger partial charge in [-0.2, -0.15) is 0 Å². The van der Waals surface area contributed by atoms with Crippen molar-refractivity contribution in [3.05, 3.63) is 83.9 Å². The quantitative estimate of drug-likeness (QED) is 0.111. The molecule has 0 N–H and O–H groups in total. The molecular weight excluding hydrogens is 460 g/mol. The van der Waals surface area contributed by atoms with Crippen molar-refractivity contribution in [2.24, 2.45) is 0 Å². The fraction of sp³-hybridized carbons (Fsp3) is 0.424. The lowest BCUT2D eigenvalue weighted by atomic mass is 10.0. The molecule has 0 saturated heterocycles. The Morgan fingerprint density at radius 3 is 1.92 bits per heavy atom. The molecule has 1 atom stereocenters. The zero-order valence-electron chi connectivity index (χ0n) is 22.7. The van der Waals surface area contributed by atoms with Crippen LogP contribution in [0, 0.1) is 0 Å². The molecule has 3 aromatic carbocycles. The molecule has 0 saturated carbocycles. The number of unbranched alkanes of at least 4 members (excludes halogenated alkanes) is 6. The van der Waals surface area contributed by atoms with Gasteiger partial charge in [0.1, 0.15) is 0 Å². The number of rotatable bonds is 16. The molecule has 37 heavy (non-hydrogen) atoms. The van der Waals surface area contributed by atoms with Gasteiger partial charge >= 0.3 is 5.97 Å². The van der Waals surface area contributed by atoms with Crippen molar-refractivity contribution in [1.29, 1.82) is 0 Å². The molecule has 4 heteroatoms. The molecule has 0 heterocycles. The van der Waals surface area contributed by atoms with Crippen LogP contribution in [0.3, 0.4) is 0 Å². The highest BCUT2D eigenvalue weighted by Crippen LogP contribution is 2.28. The van der Waals surface area contributed by atoms with Gasteiger partial charge in [0, 0.05) is 6.61 Å². The van der Waals surface area contributed by atoms with Gasteiger partial charge < -0.3 is 14.2 Å². The summed E-state index contributed by atoms with van der Waals surface area (Å²) in [6, 6.07) is 23.2. The van der Waals surface area contributed by atoms with Crippen molar-refractivity contribution in [3.63, 3.8) is 0 Å². The number of ether oxygens (including phenoxy) is 3. The van der Waals surface area contributed by atoms with Gasteiger partial charge in [-0.1, -0.05) is 101 Å². The van der Waals surface area contributed by atoms with Crippen molar-refractivity contribution < 1.29 is 19.0 Å². The van der Waals surface area contributed by atoms with Crippen LogP contribution in [-0.2, 0) is 4.74 Å². The van der Waals surface area contributed by atoms with E-state index in [0.29, 0.717) is 23.7 Å². The van der Waals surface area contributed by atoms with E-state index in [2.05, 4.69) is 38.1 Å². The molecule has 4 nitrogen and oxygen atoms in total. The Morgan fingerprint density at radius 1 is 0.676 bits per heavy atom. The van der Waals surface area contributed by atoms with Crippen LogP contribution in [-0.4, -0.2) is 19.2 Å². The monoisotopic (exact) mass is 502 g/mol. The summed E-state index contributed by atoms with van der Waals surface area (Å²) < 4.78 is 17.4. The Morgan fingerprint density at radius 2 is 1.27 bits per heavy atom. The third-order valence-corrected chi connectivity index (χ3v) is 6.46. The van der Waals surface area contributed by atoms with Gasteiger partial charge in [-0.3, -0.25) is 0 Å². The second kappa shape index (κ2) is 15.9.